The van der Waals surface area contributed by atoms with Crippen molar-refractivity contribution >= 4 is 11.8 Å². The Labute approximate surface area is 107 Å². The van der Waals surface area contributed by atoms with Gasteiger partial charge in [0.1, 0.15) is 5.82 Å². The van der Waals surface area contributed by atoms with Gasteiger partial charge >= 0.3 is 5.97 Å². The predicted molar refractivity (Wildman–Crippen MR) is 67.6 cm³/mol. The van der Waals surface area contributed by atoms with Gasteiger partial charge in [0, 0.05) is 13.1 Å². The number of methoxy groups -OCH3 is 1. The first kappa shape index (κ1) is 14.4. The molecule has 1 rings (SSSR count). The van der Waals surface area contributed by atoms with Crippen LogP contribution in [0, 0.1) is 0 Å². The number of hydrogen-bond acceptors (Lipinski definition) is 6. The Kier molecular flexibility index (Phi) is 4.61. The largest absolute Gasteiger partial charge is 0.464 e. The van der Waals surface area contributed by atoms with Gasteiger partial charge in [-0.05, 0) is 20.8 Å². The van der Waals surface area contributed by atoms with Gasteiger partial charge in [-0.2, -0.15) is 0 Å². The Morgan fingerprint density at radius 2 is 2.17 bits per heavy atom. The molecule has 0 amide bonds. The summed E-state index contributed by atoms with van der Waals surface area (Å²) in [6, 6.07) is 0. The highest BCUT2D eigenvalue weighted by Gasteiger charge is 2.19. The lowest BCUT2D eigenvalue weighted by molar-refractivity contribution is 0.0593. The maximum atomic E-state index is 11.4. The predicted octanol–water partition coefficient (Wildman–Crippen LogP) is 0.860. The van der Waals surface area contributed by atoms with Gasteiger partial charge in [-0.3, -0.25) is 4.98 Å². The van der Waals surface area contributed by atoms with E-state index in [-0.39, 0.29) is 5.69 Å². The highest BCUT2D eigenvalue weighted by Crippen LogP contribution is 2.14. The zero-order valence-corrected chi connectivity index (χ0v) is 11.2. The van der Waals surface area contributed by atoms with E-state index in [1.165, 1.54) is 13.3 Å². The summed E-state index contributed by atoms with van der Waals surface area (Å²) in [6.45, 7) is 6.44. The number of carbonyl (C=O) groups is 1. The normalized spacial score (nSPS) is 11.2. The van der Waals surface area contributed by atoms with Crippen LogP contribution in [-0.2, 0) is 4.74 Å². The molecule has 0 atom stereocenters. The monoisotopic (exact) mass is 253 g/mol. The molecule has 18 heavy (non-hydrogen) atoms. The standard InChI is InChI=1S/C12H19N3O3/c1-5-15(8-12(2,3)17)10-7-13-6-9(14-10)11(16)18-4/h6-7,17H,5,8H2,1-4H3. The van der Waals surface area contributed by atoms with Crippen molar-refractivity contribution in [2.45, 2.75) is 26.4 Å². The molecular weight excluding hydrogens is 234 g/mol. The van der Waals surface area contributed by atoms with Gasteiger partial charge in [0.2, 0.25) is 0 Å². The number of aromatic nitrogens is 2. The molecular formula is C12H19N3O3. The molecule has 1 aromatic heterocycles. The van der Waals surface area contributed by atoms with E-state index in [1.807, 2.05) is 11.8 Å². The van der Waals surface area contributed by atoms with Crippen molar-refractivity contribution in [3.05, 3.63) is 18.1 Å². The molecule has 0 saturated carbocycles. The molecule has 0 radical (unpaired) electrons. The average Bonchev–Trinajstić information content (AvgIpc) is 2.34. The van der Waals surface area contributed by atoms with E-state index in [2.05, 4.69) is 14.7 Å². The first-order valence-corrected chi connectivity index (χ1v) is 5.75. The van der Waals surface area contributed by atoms with Crippen LogP contribution in [0.5, 0.6) is 0 Å². The lowest BCUT2D eigenvalue weighted by atomic mass is 10.1. The highest BCUT2D eigenvalue weighted by molar-refractivity contribution is 5.87. The van der Waals surface area contributed by atoms with Crippen LogP contribution in [0.25, 0.3) is 0 Å². The molecule has 0 aliphatic heterocycles. The third-order valence-electron chi connectivity index (χ3n) is 2.30. The zero-order chi connectivity index (χ0) is 13.8. The summed E-state index contributed by atoms with van der Waals surface area (Å²) in [7, 11) is 1.30. The summed E-state index contributed by atoms with van der Waals surface area (Å²) < 4.78 is 4.60. The number of rotatable bonds is 5. The van der Waals surface area contributed by atoms with E-state index in [0.29, 0.717) is 18.9 Å². The molecule has 100 valence electrons. The number of aliphatic hydroxyl groups is 1. The van der Waals surface area contributed by atoms with Gasteiger partial charge in [-0.1, -0.05) is 0 Å². The van der Waals surface area contributed by atoms with E-state index in [0.717, 1.165) is 0 Å². The lowest BCUT2D eigenvalue weighted by Crippen LogP contribution is -2.39. The van der Waals surface area contributed by atoms with Crippen molar-refractivity contribution in [1.29, 1.82) is 0 Å². The van der Waals surface area contributed by atoms with Gasteiger partial charge < -0.3 is 14.7 Å². The molecule has 0 aliphatic rings. The average molecular weight is 253 g/mol. The summed E-state index contributed by atoms with van der Waals surface area (Å²) in [5, 5.41) is 9.82. The summed E-state index contributed by atoms with van der Waals surface area (Å²) in [5.74, 6) is 0.0196. The summed E-state index contributed by atoms with van der Waals surface area (Å²) in [4.78, 5) is 21.4. The molecule has 0 unspecified atom stereocenters. The minimum absolute atomic E-state index is 0.157. The number of hydrogen-bond donors (Lipinski definition) is 1. The number of nitrogens with zero attached hydrogens (tertiary/aromatic N) is 3. The van der Waals surface area contributed by atoms with Crippen LogP contribution < -0.4 is 4.90 Å². The smallest absolute Gasteiger partial charge is 0.358 e. The zero-order valence-electron chi connectivity index (χ0n) is 11.2. The van der Waals surface area contributed by atoms with Gasteiger partial charge in [0.25, 0.3) is 0 Å². The Bertz CT molecular complexity index is 415. The number of anilines is 1. The molecule has 0 fully saturated rings. The molecule has 6 nitrogen and oxygen atoms in total. The fourth-order valence-electron chi connectivity index (χ4n) is 1.53. The molecule has 1 N–H and O–H groups in total. The summed E-state index contributed by atoms with van der Waals surface area (Å²) in [5.41, 5.74) is -0.692. The van der Waals surface area contributed by atoms with E-state index in [4.69, 9.17) is 0 Å². The van der Waals surface area contributed by atoms with Gasteiger partial charge in [0.05, 0.1) is 25.1 Å². The Morgan fingerprint density at radius 1 is 1.50 bits per heavy atom. The maximum absolute atomic E-state index is 11.4. The van der Waals surface area contributed by atoms with Gasteiger partial charge in [0.15, 0.2) is 5.69 Å². The Hall–Kier alpha value is -1.69. The van der Waals surface area contributed by atoms with Crippen LogP contribution in [0.15, 0.2) is 12.4 Å². The van der Waals surface area contributed by atoms with Crippen LogP contribution in [-0.4, -0.2) is 46.8 Å². The van der Waals surface area contributed by atoms with Crippen molar-refractivity contribution in [2.24, 2.45) is 0 Å². The summed E-state index contributed by atoms with van der Waals surface area (Å²) >= 11 is 0. The van der Waals surface area contributed by atoms with Crippen LogP contribution in [0.3, 0.4) is 0 Å². The second kappa shape index (κ2) is 5.77. The lowest BCUT2D eigenvalue weighted by Gasteiger charge is -2.28. The van der Waals surface area contributed by atoms with E-state index >= 15 is 0 Å². The van der Waals surface area contributed by atoms with Crippen molar-refractivity contribution in [1.82, 2.24) is 9.97 Å². The first-order chi connectivity index (χ1) is 8.37. The molecule has 6 heteroatoms. The van der Waals surface area contributed by atoms with Crippen molar-refractivity contribution in [3.8, 4) is 0 Å². The number of carbonyl (C=O) groups excluding carboxylic acids is 1. The number of ether oxygens (including phenoxy) is 1. The van der Waals surface area contributed by atoms with Crippen LogP contribution >= 0.6 is 0 Å². The van der Waals surface area contributed by atoms with E-state index in [1.54, 1.807) is 20.0 Å². The Balaban J connectivity index is 2.96. The van der Waals surface area contributed by atoms with Crippen molar-refractivity contribution in [2.75, 3.05) is 25.1 Å². The minimum Gasteiger partial charge on any atom is -0.464 e. The van der Waals surface area contributed by atoms with E-state index < -0.39 is 11.6 Å². The highest BCUT2D eigenvalue weighted by atomic mass is 16.5. The third-order valence-corrected chi connectivity index (χ3v) is 2.30. The second-order valence-electron chi connectivity index (χ2n) is 4.58. The molecule has 0 spiro atoms. The summed E-state index contributed by atoms with van der Waals surface area (Å²) in [6.07, 6.45) is 2.91. The molecule has 1 heterocycles. The van der Waals surface area contributed by atoms with E-state index in [9.17, 15) is 9.90 Å². The fraction of sp³-hybridized carbons (Fsp3) is 0.583. The SMILES string of the molecule is CCN(CC(C)(C)O)c1cncc(C(=O)OC)n1. The maximum Gasteiger partial charge on any atom is 0.358 e. The third kappa shape index (κ3) is 3.96. The van der Waals surface area contributed by atoms with Crippen LogP contribution in [0.1, 0.15) is 31.3 Å². The van der Waals surface area contributed by atoms with Crippen molar-refractivity contribution in [3.63, 3.8) is 0 Å². The molecule has 0 aromatic carbocycles. The number of esters is 1. The van der Waals surface area contributed by atoms with Crippen molar-refractivity contribution < 1.29 is 14.6 Å². The van der Waals surface area contributed by atoms with Gasteiger partial charge in [-0.15, -0.1) is 0 Å². The van der Waals surface area contributed by atoms with Gasteiger partial charge in [-0.25, -0.2) is 9.78 Å². The first-order valence-electron chi connectivity index (χ1n) is 5.75. The fourth-order valence-corrected chi connectivity index (χ4v) is 1.53. The van der Waals surface area contributed by atoms with Crippen LogP contribution in [0.4, 0.5) is 5.82 Å². The van der Waals surface area contributed by atoms with Crippen LogP contribution in [0.2, 0.25) is 0 Å². The molecule has 0 saturated heterocycles. The molecule has 0 aliphatic carbocycles. The molecule has 1 aromatic rings. The number of likely N-dealkylation sites (N-methyl/N-ethyl adjacent to an activating group) is 1. The topological polar surface area (TPSA) is 75.5 Å². The molecule has 0 bridgehead atoms. The quantitative estimate of drug-likeness (QED) is 0.784. The Morgan fingerprint density at radius 3 is 2.67 bits per heavy atom. The second-order valence-corrected chi connectivity index (χ2v) is 4.58. The minimum atomic E-state index is -0.848.